The van der Waals surface area contributed by atoms with Crippen LogP contribution in [0.5, 0.6) is 0 Å². The van der Waals surface area contributed by atoms with Crippen LogP contribution >= 0.6 is 0 Å². The third-order valence-corrected chi connectivity index (χ3v) is 4.33. The average Bonchev–Trinajstić information content (AvgIpc) is 2.19. The fraction of sp³-hybridized carbons (Fsp3) is 1.00. The molecule has 0 saturated heterocycles. The molecule has 1 rings (SSSR count). The normalized spacial score (nSPS) is 33.6. The van der Waals surface area contributed by atoms with Gasteiger partial charge in [-0.2, -0.15) is 0 Å². The summed E-state index contributed by atoms with van der Waals surface area (Å²) in [4.78, 5) is 0. The highest BCUT2D eigenvalue weighted by atomic mass is 14.8. The Balaban J connectivity index is 2.53. The van der Waals surface area contributed by atoms with Gasteiger partial charge in [-0.25, -0.2) is 0 Å². The van der Waals surface area contributed by atoms with Crippen LogP contribution < -0.4 is 5.73 Å². The Labute approximate surface area is 89.5 Å². The van der Waals surface area contributed by atoms with Gasteiger partial charge in [-0.15, -0.1) is 0 Å². The van der Waals surface area contributed by atoms with Crippen molar-refractivity contribution in [2.45, 2.75) is 71.3 Å². The summed E-state index contributed by atoms with van der Waals surface area (Å²) in [6.45, 7) is 6.94. The molecule has 1 aliphatic rings. The van der Waals surface area contributed by atoms with Crippen LogP contribution in [0.2, 0.25) is 0 Å². The molecule has 1 heteroatoms. The summed E-state index contributed by atoms with van der Waals surface area (Å²) in [5.41, 5.74) is 6.72. The van der Waals surface area contributed by atoms with Crippen LogP contribution in [0.25, 0.3) is 0 Å². The van der Waals surface area contributed by atoms with Crippen molar-refractivity contribution in [2.75, 3.05) is 0 Å². The molecule has 2 atom stereocenters. The second-order valence-electron chi connectivity index (χ2n) is 5.27. The van der Waals surface area contributed by atoms with E-state index >= 15 is 0 Å². The minimum absolute atomic E-state index is 0.162. The average molecular weight is 197 g/mol. The molecule has 2 unspecified atom stereocenters. The predicted octanol–water partition coefficient (Wildman–Crippen LogP) is 3.72. The van der Waals surface area contributed by atoms with Crippen molar-refractivity contribution < 1.29 is 0 Å². The molecule has 1 saturated carbocycles. The van der Waals surface area contributed by atoms with E-state index in [0.29, 0.717) is 0 Å². The van der Waals surface area contributed by atoms with E-state index in [4.69, 9.17) is 5.73 Å². The lowest BCUT2D eigenvalue weighted by molar-refractivity contribution is 0.161. The molecule has 1 nitrogen and oxygen atoms in total. The highest BCUT2D eigenvalue weighted by Crippen LogP contribution is 2.37. The first-order valence-electron chi connectivity index (χ1n) is 6.41. The smallest absolute Gasteiger partial charge is 0.0182 e. The van der Waals surface area contributed by atoms with E-state index in [1.54, 1.807) is 0 Å². The maximum Gasteiger partial charge on any atom is 0.0182 e. The minimum atomic E-state index is 0.162. The summed E-state index contributed by atoms with van der Waals surface area (Å²) in [5, 5.41) is 0. The zero-order valence-electron chi connectivity index (χ0n) is 10.2. The highest BCUT2D eigenvalue weighted by Gasteiger charge is 2.35. The van der Waals surface area contributed by atoms with Crippen molar-refractivity contribution in [3.63, 3.8) is 0 Å². The van der Waals surface area contributed by atoms with Gasteiger partial charge in [0.25, 0.3) is 0 Å². The zero-order valence-corrected chi connectivity index (χ0v) is 10.2. The van der Waals surface area contributed by atoms with Crippen LogP contribution in [0.4, 0.5) is 0 Å². The van der Waals surface area contributed by atoms with E-state index in [0.717, 1.165) is 11.8 Å². The van der Waals surface area contributed by atoms with E-state index < -0.39 is 0 Å². The van der Waals surface area contributed by atoms with Crippen molar-refractivity contribution in [3.05, 3.63) is 0 Å². The summed E-state index contributed by atoms with van der Waals surface area (Å²) in [6, 6.07) is 0. The topological polar surface area (TPSA) is 26.0 Å². The fourth-order valence-corrected chi connectivity index (χ4v) is 2.86. The van der Waals surface area contributed by atoms with Gasteiger partial charge in [0.1, 0.15) is 0 Å². The summed E-state index contributed by atoms with van der Waals surface area (Å²) in [5.74, 6) is 1.58. The first kappa shape index (κ1) is 12.0. The lowest BCUT2D eigenvalue weighted by atomic mass is 9.69. The molecule has 0 spiro atoms. The summed E-state index contributed by atoms with van der Waals surface area (Å²) >= 11 is 0. The van der Waals surface area contributed by atoms with Gasteiger partial charge in [-0.3, -0.25) is 0 Å². The molecule has 0 radical (unpaired) electrons. The highest BCUT2D eigenvalue weighted by molar-refractivity contribution is 4.93. The number of nitrogens with two attached hydrogens (primary N) is 1. The van der Waals surface area contributed by atoms with Gasteiger partial charge in [0.2, 0.25) is 0 Å². The number of hydrogen-bond donors (Lipinski definition) is 1. The van der Waals surface area contributed by atoms with Crippen molar-refractivity contribution in [1.29, 1.82) is 0 Å². The van der Waals surface area contributed by atoms with Gasteiger partial charge < -0.3 is 5.73 Å². The Morgan fingerprint density at radius 3 is 2.43 bits per heavy atom. The molecule has 0 aromatic heterocycles. The molecule has 84 valence electrons. The van der Waals surface area contributed by atoms with Gasteiger partial charge in [0.15, 0.2) is 0 Å². The van der Waals surface area contributed by atoms with E-state index in [1.807, 2.05) is 0 Å². The quantitative estimate of drug-likeness (QED) is 0.730. The van der Waals surface area contributed by atoms with Gasteiger partial charge in [-0.1, -0.05) is 46.5 Å². The van der Waals surface area contributed by atoms with Crippen LogP contribution in [0.1, 0.15) is 65.7 Å². The van der Waals surface area contributed by atoms with Gasteiger partial charge >= 0.3 is 0 Å². The maximum atomic E-state index is 6.55. The van der Waals surface area contributed by atoms with Crippen molar-refractivity contribution in [1.82, 2.24) is 0 Å². The molecule has 0 aliphatic heterocycles. The molecule has 0 aromatic carbocycles. The van der Waals surface area contributed by atoms with E-state index in [1.165, 1.54) is 44.9 Å². The molecular formula is C13H27N. The molecule has 0 amide bonds. The van der Waals surface area contributed by atoms with Crippen LogP contribution in [-0.4, -0.2) is 5.54 Å². The zero-order chi connectivity index (χ0) is 10.6. The summed E-state index contributed by atoms with van der Waals surface area (Å²) in [7, 11) is 0. The molecular weight excluding hydrogens is 170 g/mol. The molecule has 1 fully saturated rings. The van der Waals surface area contributed by atoms with E-state index in [2.05, 4.69) is 20.8 Å². The van der Waals surface area contributed by atoms with E-state index in [9.17, 15) is 0 Å². The van der Waals surface area contributed by atoms with Crippen molar-refractivity contribution in [3.8, 4) is 0 Å². The molecule has 0 aromatic rings. The first-order valence-corrected chi connectivity index (χ1v) is 6.41. The Kier molecular flexibility index (Phi) is 4.43. The fourth-order valence-electron chi connectivity index (χ4n) is 2.86. The Bertz CT molecular complexity index is 163. The van der Waals surface area contributed by atoms with Gasteiger partial charge in [-0.05, 0) is 31.1 Å². The van der Waals surface area contributed by atoms with Crippen LogP contribution in [0.3, 0.4) is 0 Å². The Morgan fingerprint density at radius 2 is 1.93 bits per heavy atom. The number of hydrogen-bond acceptors (Lipinski definition) is 1. The minimum Gasteiger partial charge on any atom is -0.325 e. The van der Waals surface area contributed by atoms with E-state index in [-0.39, 0.29) is 5.54 Å². The van der Waals surface area contributed by atoms with Crippen LogP contribution in [-0.2, 0) is 0 Å². The third kappa shape index (κ3) is 2.73. The van der Waals surface area contributed by atoms with Crippen molar-refractivity contribution in [2.24, 2.45) is 17.6 Å². The molecule has 1 aliphatic carbocycles. The van der Waals surface area contributed by atoms with Gasteiger partial charge in [0.05, 0.1) is 0 Å². The second kappa shape index (κ2) is 5.16. The largest absolute Gasteiger partial charge is 0.325 e. The van der Waals surface area contributed by atoms with Crippen LogP contribution in [0.15, 0.2) is 0 Å². The first-order chi connectivity index (χ1) is 6.62. The maximum absolute atomic E-state index is 6.55. The lowest BCUT2D eigenvalue weighted by Crippen LogP contribution is -2.49. The molecule has 2 N–H and O–H groups in total. The molecule has 0 heterocycles. The van der Waals surface area contributed by atoms with Crippen LogP contribution in [0, 0.1) is 11.8 Å². The van der Waals surface area contributed by atoms with Crippen molar-refractivity contribution >= 4 is 0 Å². The Morgan fingerprint density at radius 1 is 1.29 bits per heavy atom. The predicted molar refractivity (Wildman–Crippen MR) is 63.2 cm³/mol. The molecule has 14 heavy (non-hydrogen) atoms. The molecule has 0 bridgehead atoms. The summed E-state index contributed by atoms with van der Waals surface area (Å²) < 4.78 is 0. The summed E-state index contributed by atoms with van der Waals surface area (Å²) in [6.07, 6.45) is 9.18. The monoisotopic (exact) mass is 197 g/mol. The second-order valence-corrected chi connectivity index (χ2v) is 5.27. The standard InChI is InChI=1S/C13H27N/c1-4-12(5-2)10-13(14)9-7-6-8-11(13)3/h11-12H,4-10,14H2,1-3H3. The lowest BCUT2D eigenvalue weighted by Gasteiger charge is -2.41. The Hall–Kier alpha value is -0.0400. The number of rotatable bonds is 4. The van der Waals surface area contributed by atoms with Gasteiger partial charge in [0, 0.05) is 5.54 Å². The SMILES string of the molecule is CCC(CC)CC1(N)CCCCC1C. The third-order valence-electron chi connectivity index (χ3n) is 4.33.